The van der Waals surface area contributed by atoms with Crippen molar-refractivity contribution in [2.45, 2.75) is 0 Å². The molecule has 0 fully saturated rings. The van der Waals surface area contributed by atoms with Gasteiger partial charge in [0.25, 0.3) is 5.84 Å². The Bertz CT molecular complexity index is 826. The normalized spacial score (nSPS) is 25.6. The third-order valence-electron chi connectivity index (χ3n) is 3.72. The van der Waals surface area contributed by atoms with Crippen molar-refractivity contribution >= 4 is 12.1 Å². The van der Waals surface area contributed by atoms with Gasteiger partial charge in [-0.15, -0.1) is 4.59 Å². The lowest BCUT2D eigenvalue weighted by Gasteiger charge is -2.26. The molecule has 0 spiro atoms. The quantitative estimate of drug-likeness (QED) is 0.642. The fraction of sp³-hybridized carbons (Fsp3) is 0. The van der Waals surface area contributed by atoms with E-state index < -0.39 is 0 Å². The fourth-order valence-electron chi connectivity index (χ4n) is 2.59. The van der Waals surface area contributed by atoms with E-state index in [-0.39, 0.29) is 10.3 Å². The third-order valence-corrected chi connectivity index (χ3v) is 3.72. The van der Waals surface area contributed by atoms with Crippen molar-refractivity contribution in [2.24, 2.45) is 15.8 Å². The van der Waals surface area contributed by atoms with Gasteiger partial charge in [-0.2, -0.15) is 10.8 Å². The second-order valence-electron chi connectivity index (χ2n) is 5.05. The van der Waals surface area contributed by atoms with Gasteiger partial charge in [0.2, 0.25) is 5.70 Å². The van der Waals surface area contributed by atoms with Gasteiger partial charge < -0.3 is 5.11 Å². The molecule has 2 heterocycles. The molecule has 0 saturated heterocycles. The maximum atomic E-state index is 9.70. The Morgan fingerprint density at radius 2 is 2.10 bits per heavy atom. The fourth-order valence-corrected chi connectivity index (χ4v) is 2.59. The van der Waals surface area contributed by atoms with Crippen molar-refractivity contribution in [2.75, 3.05) is 0 Å². The summed E-state index contributed by atoms with van der Waals surface area (Å²) in [6, 6.07) is 6.95. The second-order valence-corrected chi connectivity index (χ2v) is 5.05. The largest absolute Gasteiger partial charge is 0.508 e. The summed E-state index contributed by atoms with van der Waals surface area (Å²) >= 11 is 0. The number of nitrogens with zero attached hydrogens (tertiary/aromatic N) is 3. The summed E-state index contributed by atoms with van der Waals surface area (Å²) < 4.78 is -0.0343. The first-order chi connectivity index (χ1) is 10.2. The molecule has 1 aliphatic carbocycles. The first-order valence-electron chi connectivity index (χ1n) is 6.59. The molecular weight excluding hydrogens is 264 g/mol. The summed E-state index contributed by atoms with van der Waals surface area (Å²) in [5.74, 6) is 7.39. The zero-order valence-corrected chi connectivity index (χ0v) is 11.1. The Balaban J connectivity index is 1.90. The zero-order chi connectivity index (χ0) is 14.4. The predicted octanol–water partition coefficient (Wildman–Crippen LogP) is 2.11. The molecule has 1 aromatic rings. The summed E-state index contributed by atoms with van der Waals surface area (Å²) in [7, 11) is 0. The maximum absolute atomic E-state index is 9.70. The summed E-state index contributed by atoms with van der Waals surface area (Å²) in [5.41, 5.74) is 3.47. The summed E-state index contributed by atoms with van der Waals surface area (Å²) in [6.45, 7) is 0. The number of fused-ring (bicyclic) bond motifs is 1. The average molecular weight is 277 g/mol. The Labute approximate surface area is 121 Å². The van der Waals surface area contributed by atoms with E-state index in [9.17, 15) is 5.11 Å². The molecule has 3 aliphatic rings. The summed E-state index contributed by atoms with van der Waals surface area (Å²) in [4.78, 5) is 8.88. The van der Waals surface area contributed by atoms with Crippen molar-refractivity contribution in [1.29, 1.82) is 0 Å². The van der Waals surface area contributed by atoms with Crippen LogP contribution in [0.2, 0.25) is 0 Å². The van der Waals surface area contributed by atoms with Crippen molar-refractivity contribution in [1.82, 2.24) is 0 Å². The molecule has 0 radical (unpaired) electrons. The van der Waals surface area contributed by atoms with Crippen LogP contribution in [-0.4, -0.2) is 21.7 Å². The maximum Gasteiger partial charge on any atom is 0.265 e. The number of phenols is 1. The molecule has 0 saturated carbocycles. The highest BCUT2D eigenvalue weighted by Gasteiger charge is 2.44. The molecule has 21 heavy (non-hydrogen) atoms. The number of quaternary nitrogens is 1. The molecule has 5 nitrogen and oxygen atoms in total. The van der Waals surface area contributed by atoms with Gasteiger partial charge in [-0.25, -0.2) is 0 Å². The molecule has 0 amide bonds. The lowest BCUT2D eigenvalue weighted by Crippen LogP contribution is -2.53. The highest BCUT2D eigenvalue weighted by Crippen LogP contribution is 2.36. The molecule has 3 N–H and O–H groups in total. The van der Waals surface area contributed by atoms with Gasteiger partial charge >= 0.3 is 0 Å². The number of allylic oxidation sites excluding steroid dienone is 4. The van der Waals surface area contributed by atoms with E-state index in [1.807, 2.05) is 24.3 Å². The van der Waals surface area contributed by atoms with Gasteiger partial charge in [-0.05, 0) is 18.2 Å². The van der Waals surface area contributed by atoms with Crippen LogP contribution in [0.1, 0.15) is 5.56 Å². The van der Waals surface area contributed by atoms with Crippen LogP contribution in [0.25, 0.3) is 0 Å². The molecule has 5 heteroatoms. The van der Waals surface area contributed by atoms with Gasteiger partial charge in [0, 0.05) is 5.57 Å². The van der Waals surface area contributed by atoms with E-state index in [1.165, 1.54) is 0 Å². The van der Waals surface area contributed by atoms with Crippen molar-refractivity contribution in [3.8, 4) is 5.75 Å². The van der Waals surface area contributed by atoms with Crippen LogP contribution in [-0.2, 0) is 0 Å². The van der Waals surface area contributed by atoms with Crippen LogP contribution < -0.4 is 5.84 Å². The molecule has 4 rings (SSSR count). The molecule has 1 atom stereocenters. The van der Waals surface area contributed by atoms with Crippen molar-refractivity contribution < 1.29 is 9.70 Å². The van der Waals surface area contributed by atoms with Crippen LogP contribution in [0.5, 0.6) is 5.75 Å². The SMILES string of the molecule is N[N+]12C=CN=CC1=C(C1=CC=C1)N=C2c1cccc(O)c1. The van der Waals surface area contributed by atoms with Crippen LogP contribution in [0.4, 0.5) is 0 Å². The lowest BCUT2D eigenvalue weighted by atomic mass is 10.0. The number of aliphatic imine (C=N–C) groups is 2. The number of phenolic OH excluding ortho intramolecular Hbond substituents is 1. The second kappa shape index (κ2) is 4.12. The van der Waals surface area contributed by atoms with Crippen LogP contribution in [0.15, 0.2) is 81.8 Å². The van der Waals surface area contributed by atoms with Gasteiger partial charge in [0.1, 0.15) is 17.6 Å². The molecular formula is C16H13N4O+. The van der Waals surface area contributed by atoms with Crippen LogP contribution >= 0.6 is 0 Å². The number of nitrogens with two attached hydrogens (primary N) is 1. The first-order valence-corrected chi connectivity index (χ1v) is 6.59. The van der Waals surface area contributed by atoms with E-state index in [4.69, 9.17) is 10.8 Å². The molecule has 2 aliphatic heterocycles. The predicted molar refractivity (Wildman–Crippen MR) is 81.0 cm³/mol. The number of aromatic hydroxyl groups is 1. The van der Waals surface area contributed by atoms with Crippen molar-refractivity contribution in [3.05, 3.63) is 77.4 Å². The molecule has 0 aromatic heterocycles. The Morgan fingerprint density at radius 1 is 1.24 bits per heavy atom. The van der Waals surface area contributed by atoms with E-state index >= 15 is 0 Å². The van der Waals surface area contributed by atoms with E-state index in [0.29, 0.717) is 5.84 Å². The number of benzene rings is 1. The van der Waals surface area contributed by atoms with Gasteiger partial charge in [0.05, 0.1) is 18.0 Å². The number of hydrogen-bond acceptors (Lipinski definition) is 4. The first kappa shape index (κ1) is 12.0. The lowest BCUT2D eigenvalue weighted by molar-refractivity contribution is -0.750. The average Bonchev–Trinajstić information content (AvgIpc) is 2.70. The molecule has 1 aromatic carbocycles. The molecule has 1 unspecified atom stereocenters. The zero-order valence-electron chi connectivity index (χ0n) is 11.1. The highest BCUT2D eigenvalue weighted by molar-refractivity contribution is 6.01. The number of rotatable bonds is 2. The standard InChI is InChI=1S/C16H12N4O/c17-20-8-7-18-10-14(20)15(11-3-1-4-11)19-16(20)12-5-2-6-13(21)9-12/h1-10H,17H2/p+1. The smallest absolute Gasteiger partial charge is 0.265 e. The topological polar surface area (TPSA) is 71.0 Å². The minimum atomic E-state index is -0.0343. The van der Waals surface area contributed by atoms with Gasteiger partial charge in [0.15, 0.2) is 0 Å². The Morgan fingerprint density at radius 3 is 2.81 bits per heavy atom. The van der Waals surface area contributed by atoms with E-state index in [0.717, 1.165) is 22.5 Å². The van der Waals surface area contributed by atoms with Crippen LogP contribution in [0.3, 0.4) is 0 Å². The van der Waals surface area contributed by atoms with Crippen molar-refractivity contribution in [3.63, 3.8) is 0 Å². The summed E-state index contributed by atoms with van der Waals surface area (Å²) in [5, 5.41) is 9.70. The monoisotopic (exact) mass is 277 g/mol. The highest BCUT2D eigenvalue weighted by atomic mass is 16.3. The third kappa shape index (κ3) is 1.65. The Kier molecular flexibility index (Phi) is 2.35. The number of hydrogen-bond donors (Lipinski definition) is 2. The van der Waals surface area contributed by atoms with E-state index in [2.05, 4.69) is 4.99 Å². The van der Waals surface area contributed by atoms with Crippen LogP contribution in [0, 0.1) is 0 Å². The van der Waals surface area contributed by atoms with Gasteiger partial charge in [-0.1, -0.05) is 24.3 Å². The van der Waals surface area contributed by atoms with Gasteiger partial charge in [-0.3, -0.25) is 4.99 Å². The Hall–Kier alpha value is -2.76. The number of amidine groups is 1. The minimum absolute atomic E-state index is 0.0343. The summed E-state index contributed by atoms with van der Waals surface area (Å²) in [6.07, 6.45) is 11.1. The van der Waals surface area contributed by atoms with E-state index in [1.54, 1.807) is 36.8 Å². The molecule has 0 bridgehead atoms. The minimum Gasteiger partial charge on any atom is -0.508 e. The molecule has 102 valence electrons.